The van der Waals surface area contributed by atoms with Crippen LogP contribution in [-0.2, 0) is 42.9 Å². The SMILES string of the molecule is CC(=O)OC1OC(OC(C)=O)C(OC(C)=O)C(OC(C)=O)C1O. The molecular weight excluding hydrogens is 316 g/mol. The first-order valence-corrected chi connectivity index (χ1v) is 6.64. The van der Waals surface area contributed by atoms with Crippen LogP contribution < -0.4 is 0 Å². The van der Waals surface area contributed by atoms with Crippen molar-refractivity contribution in [3.8, 4) is 0 Å². The summed E-state index contributed by atoms with van der Waals surface area (Å²) in [4.78, 5) is 44.7. The number of carbonyl (C=O) groups is 4. The van der Waals surface area contributed by atoms with E-state index in [0.29, 0.717) is 0 Å². The van der Waals surface area contributed by atoms with Gasteiger partial charge in [-0.1, -0.05) is 0 Å². The highest BCUT2D eigenvalue weighted by atomic mass is 16.8. The van der Waals surface area contributed by atoms with Crippen molar-refractivity contribution in [3.05, 3.63) is 0 Å². The Kier molecular flexibility index (Phi) is 6.46. The molecule has 0 aromatic carbocycles. The van der Waals surface area contributed by atoms with E-state index in [1.807, 2.05) is 0 Å². The van der Waals surface area contributed by atoms with Crippen LogP contribution in [0.15, 0.2) is 0 Å². The van der Waals surface area contributed by atoms with Crippen LogP contribution in [0.1, 0.15) is 27.7 Å². The number of carbonyl (C=O) groups excluding carboxylic acids is 4. The molecule has 1 saturated heterocycles. The summed E-state index contributed by atoms with van der Waals surface area (Å²) in [6.07, 6.45) is -7.65. The number of rotatable bonds is 4. The Morgan fingerprint density at radius 3 is 1.52 bits per heavy atom. The molecule has 5 atom stereocenters. The highest BCUT2D eigenvalue weighted by Gasteiger charge is 2.52. The molecule has 10 heteroatoms. The molecule has 1 aliphatic rings. The fourth-order valence-electron chi connectivity index (χ4n) is 1.96. The summed E-state index contributed by atoms with van der Waals surface area (Å²) in [5.41, 5.74) is 0. The normalized spacial score (nSPS) is 30.0. The minimum Gasteiger partial charge on any atom is -0.455 e. The molecule has 0 aromatic heterocycles. The Balaban J connectivity index is 3.12. The summed E-state index contributed by atoms with van der Waals surface area (Å²) in [5.74, 6) is -3.16. The second-order valence-corrected chi connectivity index (χ2v) is 4.73. The van der Waals surface area contributed by atoms with Crippen LogP contribution in [0.25, 0.3) is 0 Å². The molecule has 5 unspecified atom stereocenters. The van der Waals surface area contributed by atoms with Crippen molar-refractivity contribution in [1.29, 1.82) is 0 Å². The number of esters is 4. The van der Waals surface area contributed by atoms with Gasteiger partial charge in [-0.15, -0.1) is 0 Å². The maximum Gasteiger partial charge on any atom is 0.305 e. The predicted octanol–water partition coefficient (Wildman–Crippen LogP) is -0.981. The molecule has 0 saturated carbocycles. The van der Waals surface area contributed by atoms with Crippen LogP contribution in [-0.4, -0.2) is 59.9 Å². The minimum absolute atomic E-state index is 0.785. The van der Waals surface area contributed by atoms with Gasteiger partial charge in [-0.2, -0.15) is 0 Å². The van der Waals surface area contributed by atoms with E-state index in [9.17, 15) is 24.3 Å². The fraction of sp³-hybridized carbons (Fsp3) is 0.692. The Hall–Kier alpha value is -2.20. The van der Waals surface area contributed by atoms with Crippen LogP contribution in [0.2, 0.25) is 0 Å². The van der Waals surface area contributed by atoms with Gasteiger partial charge in [-0.05, 0) is 0 Å². The summed E-state index contributed by atoms with van der Waals surface area (Å²) in [6, 6.07) is 0. The third kappa shape index (κ3) is 5.49. The molecule has 0 aromatic rings. The van der Waals surface area contributed by atoms with Gasteiger partial charge in [0.05, 0.1) is 0 Å². The van der Waals surface area contributed by atoms with Gasteiger partial charge in [0.2, 0.25) is 18.7 Å². The molecule has 1 N–H and O–H groups in total. The summed E-state index contributed by atoms with van der Waals surface area (Å²) >= 11 is 0. The monoisotopic (exact) mass is 334 g/mol. The minimum atomic E-state index is -1.65. The predicted molar refractivity (Wildman–Crippen MR) is 69.3 cm³/mol. The van der Waals surface area contributed by atoms with E-state index in [1.54, 1.807) is 0 Å². The standard InChI is InChI=1S/C13H18O10/c1-5(14)19-10-9(18)12(21-7(3)16)23-13(22-8(4)17)11(10)20-6(2)15/h9-13,18H,1-4H3. The summed E-state index contributed by atoms with van der Waals surface area (Å²) in [6.45, 7) is 4.27. The zero-order chi connectivity index (χ0) is 17.7. The lowest BCUT2D eigenvalue weighted by atomic mass is 10.0. The fourth-order valence-corrected chi connectivity index (χ4v) is 1.96. The van der Waals surface area contributed by atoms with E-state index in [-0.39, 0.29) is 0 Å². The third-order valence-corrected chi connectivity index (χ3v) is 2.64. The van der Waals surface area contributed by atoms with Gasteiger partial charge in [0.1, 0.15) is 0 Å². The van der Waals surface area contributed by atoms with Crippen molar-refractivity contribution in [1.82, 2.24) is 0 Å². The number of aliphatic hydroxyl groups is 1. The van der Waals surface area contributed by atoms with Gasteiger partial charge in [0.15, 0.2) is 12.2 Å². The van der Waals surface area contributed by atoms with Gasteiger partial charge in [0, 0.05) is 27.7 Å². The molecule has 1 heterocycles. The smallest absolute Gasteiger partial charge is 0.305 e. The lowest BCUT2D eigenvalue weighted by Crippen LogP contribution is -2.61. The highest BCUT2D eigenvalue weighted by Crippen LogP contribution is 2.28. The largest absolute Gasteiger partial charge is 0.455 e. The summed E-state index contributed by atoms with van der Waals surface area (Å²) in [5, 5.41) is 10.2. The summed E-state index contributed by atoms with van der Waals surface area (Å²) in [7, 11) is 0. The number of aliphatic hydroxyl groups excluding tert-OH is 1. The zero-order valence-corrected chi connectivity index (χ0v) is 13.0. The van der Waals surface area contributed by atoms with Gasteiger partial charge in [-0.25, -0.2) is 0 Å². The lowest BCUT2D eigenvalue weighted by Gasteiger charge is -2.41. The molecule has 1 fully saturated rings. The first-order valence-electron chi connectivity index (χ1n) is 6.64. The molecule has 10 nitrogen and oxygen atoms in total. The Morgan fingerprint density at radius 2 is 1.09 bits per heavy atom. The van der Waals surface area contributed by atoms with Gasteiger partial charge >= 0.3 is 23.9 Å². The number of hydrogen-bond donors (Lipinski definition) is 1. The van der Waals surface area contributed by atoms with E-state index in [4.69, 9.17) is 23.7 Å². The van der Waals surface area contributed by atoms with Crippen molar-refractivity contribution in [2.75, 3.05) is 0 Å². The molecule has 1 rings (SSSR count). The van der Waals surface area contributed by atoms with Crippen molar-refractivity contribution >= 4 is 23.9 Å². The Bertz CT molecular complexity index is 487. The molecule has 0 spiro atoms. The first kappa shape index (κ1) is 18.8. The zero-order valence-electron chi connectivity index (χ0n) is 13.0. The third-order valence-electron chi connectivity index (χ3n) is 2.64. The average Bonchev–Trinajstić information content (AvgIpc) is 2.37. The van der Waals surface area contributed by atoms with E-state index in [2.05, 4.69) is 0 Å². The van der Waals surface area contributed by atoms with Crippen molar-refractivity contribution in [2.45, 2.75) is 58.6 Å². The van der Waals surface area contributed by atoms with E-state index < -0.39 is 54.8 Å². The molecule has 0 radical (unpaired) electrons. The molecule has 1 aliphatic heterocycles. The lowest BCUT2D eigenvalue weighted by molar-refractivity contribution is -0.335. The van der Waals surface area contributed by atoms with Gasteiger partial charge < -0.3 is 24.1 Å². The maximum atomic E-state index is 11.2. The van der Waals surface area contributed by atoms with Crippen LogP contribution >= 0.6 is 0 Å². The Labute approximate surface area is 131 Å². The Morgan fingerprint density at radius 1 is 0.696 bits per heavy atom. The first-order chi connectivity index (χ1) is 10.6. The quantitative estimate of drug-likeness (QED) is 0.504. The second-order valence-electron chi connectivity index (χ2n) is 4.73. The second kappa shape index (κ2) is 7.88. The topological polar surface area (TPSA) is 135 Å². The van der Waals surface area contributed by atoms with Crippen LogP contribution in [0.5, 0.6) is 0 Å². The summed E-state index contributed by atoms with van der Waals surface area (Å²) < 4.78 is 24.6. The highest BCUT2D eigenvalue weighted by molar-refractivity contribution is 5.68. The van der Waals surface area contributed by atoms with Crippen LogP contribution in [0, 0.1) is 0 Å². The maximum absolute atomic E-state index is 11.2. The number of ether oxygens (including phenoxy) is 5. The molecule has 0 aliphatic carbocycles. The van der Waals surface area contributed by atoms with Gasteiger partial charge in [0.25, 0.3) is 0 Å². The number of hydrogen-bond acceptors (Lipinski definition) is 10. The van der Waals surface area contributed by atoms with E-state index in [1.165, 1.54) is 0 Å². The molecule has 23 heavy (non-hydrogen) atoms. The van der Waals surface area contributed by atoms with Crippen molar-refractivity contribution in [3.63, 3.8) is 0 Å². The van der Waals surface area contributed by atoms with Crippen molar-refractivity contribution in [2.24, 2.45) is 0 Å². The molecule has 0 bridgehead atoms. The molecule has 0 amide bonds. The molecule has 130 valence electrons. The van der Waals surface area contributed by atoms with E-state index in [0.717, 1.165) is 27.7 Å². The van der Waals surface area contributed by atoms with Crippen molar-refractivity contribution < 1.29 is 48.0 Å². The molecular formula is C13H18O10. The average molecular weight is 334 g/mol. The van der Waals surface area contributed by atoms with Gasteiger partial charge in [-0.3, -0.25) is 23.9 Å². The van der Waals surface area contributed by atoms with Crippen LogP contribution in [0.4, 0.5) is 0 Å². The van der Waals surface area contributed by atoms with Crippen LogP contribution in [0.3, 0.4) is 0 Å². The van der Waals surface area contributed by atoms with E-state index >= 15 is 0 Å².